The molecular formula is C11H11N5O2S. The van der Waals surface area contributed by atoms with Gasteiger partial charge in [-0.25, -0.2) is 14.8 Å². The molecule has 0 aliphatic heterocycles. The van der Waals surface area contributed by atoms with Crippen molar-refractivity contribution in [1.82, 2.24) is 15.0 Å². The molecule has 2 heterocycles. The quantitative estimate of drug-likeness (QED) is 0.558. The molecule has 0 aliphatic rings. The molecule has 0 saturated carbocycles. The van der Waals surface area contributed by atoms with Gasteiger partial charge in [0.25, 0.3) is 0 Å². The first-order valence-electron chi connectivity index (χ1n) is 5.25. The monoisotopic (exact) mass is 277 g/mol. The van der Waals surface area contributed by atoms with Crippen molar-refractivity contribution in [1.29, 1.82) is 0 Å². The number of nitrogens with two attached hydrogens (primary N) is 2. The van der Waals surface area contributed by atoms with Gasteiger partial charge < -0.3 is 16.6 Å². The smallest absolute Gasteiger partial charge is 0.337 e. The largest absolute Gasteiger partial charge is 0.478 e. The maximum atomic E-state index is 10.7. The molecule has 0 bridgehead atoms. The van der Waals surface area contributed by atoms with Crippen LogP contribution in [0.2, 0.25) is 0 Å². The van der Waals surface area contributed by atoms with E-state index in [1.165, 1.54) is 30.1 Å². The van der Waals surface area contributed by atoms with Crippen molar-refractivity contribution in [2.45, 2.75) is 10.9 Å². The second-order valence-electron chi connectivity index (χ2n) is 3.63. The van der Waals surface area contributed by atoms with E-state index in [0.29, 0.717) is 22.5 Å². The average molecular weight is 277 g/mol. The molecule has 0 spiro atoms. The van der Waals surface area contributed by atoms with Crippen molar-refractivity contribution in [3.63, 3.8) is 0 Å². The van der Waals surface area contributed by atoms with Gasteiger partial charge in [0.05, 0.1) is 11.3 Å². The van der Waals surface area contributed by atoms with Gasteiger partial charge in [-0.3, -0.25) is 4.98 Å². The number of rotatable bonds is 4. The minimum atomic E-state index is -1.00. The van der Waals surface area contributed by atoms with Gasteiger partial charge in [0, 0.05) is 18.0 Å². The average Bonchev–Trinajstić information content (AvgIpc) is 2.36. The molecule has 0 amide bonds. The highest BCUT2D eigenvalue weighted by molar-refractivity contribution is 7.98. The number of aromatic carboxylic acids is 1. The lowest BCUT2D eigenvalue weighted by molar-refractivity contribution is 0.0696. The van der Waals surface area contributed by atoms with Gasteiger partial charge in [-0.2, -0.15) is 0 Å². The van der Waals surface area contributed by atoms with Crippen LogP contribution in [0.25, 0.3) is 0 Å². The number of nitrogen functional groups attached to an aromatic ring is 2. The number of nitrogens with zero attached hydrogens (tertiary/aromatic N) is 3. The summed E-state index contributed by atoms with van der Waals surface area (Å²) in [6.45, 7) is 0. The molecule has 98 valence electrons. The van der Waals surface area contributed by atoms with Crippen molar-refractivity contribution in [3.8, 4) is 0 Å². The van der Waals surface area contributed by atoms with Gasteiger partial charge >= 0.3 is 5.97 Å². The van der Waals surface area contributed by atoms with E-state index in [9.17, 15) is 4.79 Å². The third kappa shape index (κ3) is 3.55. The van der Waals surface area contributed by atoms with E-state index < -0.39 is 5.97 Å². The lowest BCUT2D eigenvalue weighted by atomic mass is 10.2. The summed E-state index contributed by atoms with van der Waals surface area (Å²) in [6, 6.07) is 4.62. The Hall–Kier alpha value is -2.35. The predicted molar refractivity (Wildman–Crippen MR) is 71.6 cm³/mol. The van der Waals surface area contributed by atoms with Crippen LogP contribution in [0.15, 0.2) is 29.6 Å². The highest BCUT2D eigenvalue weighted by atomic mass is 32.2. The second-order valence-corrected chi connectivity index (χ2v) is 4.57. The van der Waals surface area contributed by atoms with Gasteiger partial charge in [0.2, 0.25) is 0 Å². The van der Waals surface area contributed by atoms with Crippen LogP contribution in [0, 0.1) is 0 Å². The van der Waals surface area contributed by atoms with Gasteiger partial charge in [0.1, 0.15) is 11.6 Å². The Morgan fingerprint density at radius 3 is 2.47 bits per heavy atom. The van der Waals surface area contributed by atoms with Crippen molar-refractivity contribution in [3.05, 3.63) is 35.7 Å². The number of anilines is 2. The molecule has 0 saturated heterocycles. The molecule has 7 nitrogen and oxygen atoms in total. The zero-order valence-electron chi connectivity index (χ0n) is 9.78. The normalized spacial score (nSPS) is 10.3. The highest BCUT2D eigenvalue weighted by Crippen LogP contribution is 2.20. The van der Waals surface area contributed by atoms with E-state index in [-0.39, 0.29) is 5.56 Å². The van der Waals surface area contributed by atoms with Crippen molar-refractivity contribution in [2.24, 2.45) is 0 Å². The highest BCUT2D eigenvalue weighted by Gasteiger charge is 2.05. The van der Waals surface area contributed by atoms with Crippen LogP contribution in [0.5, 0.6) is 0 Å². The Balaban J connectivity index is 2.03. The molecule has 0 radical (unpaired) electrons. The van der Waals surface area contributed by atoms with Crippen LogP contribution < -0.4 is 11.5 Å². The summed E-state index contributed by atoms with van der Waals surface area (Å²) < 4.78 is 0. The van der Waals surface area contributed by atoms with E-state index >= 15 is 0 Å². The Morgan fingerprint density at radius 2 is 1.95 bits per heavy atom. The van der Waals surface area contributed by atoms with Crippen LogP contribution in [0.4, 0.5) is 11.6 Å². The number of hydrogen-bond acceptors (Lipinski definition) is 7. The molecule has 0 fully saturated rings. The Kier molecular flexibility index (Phi) is 3.81. The summed E-state index contributed by atoms with van der Waals surface area (Å²) in [4.78, 5) is 22.8. The Morgan fingerprint density at radius 1 is 1.26 bits per heavy atom. The van der Waals surface area contributed by atoms with E-state index in [1.54, 1.807) is 6.07 Å². The number of thioether (sulfide) groups is 1. The third-order valence-electron chi connectivity index (χ3n) is 2.17. The predicted octanol–water partition coefficient (Wildman–Crippen LogP) is 1.03. The van der Waals surface area contributed by atoms with E-state index in [2.05, 4.69) is 15.0 Å². The van der Waals surface area contributed by atoms with Gasteiger partial charge in [-0.05, 0) is 12.1 Å². The maximum Gasteiger partial charge on any atom is 0.337 e. The van der Waals surface area contributed by atoms with Gasteiger partial charge in [-0.1, -0.05) is 11.8 Å². The molecule has 8 heteroatoms. The summed E-state index contributed by atoms with van der Waals surface area (Å²) in [5.74, 6) is 0.120. The van der Waals surface area contributed by atoms with Crippen LogP contribution in [-0.2, 0) is 5.75 Å². The van der Waals surface area contributed by atoms with Crippen molar-refractivity contribution in [2.75, 3.05) is 11.5 Å². The fourth-order valence-electron chi connectivity index (χ4n) is 1.30. The number of carboxylic acids is 1. The Bertz CT molecular complexity index is 582. The first-order valence-corrected chi connectivity index (χ1v) is 6.24. The summed E-state index contributed by atoms with van der Waals surface area (Å²) in [5, 5.41) is 9.21. The first kappa shape index (κ1) is 13.1. The van der Waals surface area contributed by atoms with Gasteiger partial charge in [-0.15, -0.1) is 0 Å². The minimum Gasteiger partial charge on any atom is -0.478 e. The molecule has 2 aromatic heterocycles. The SMILES string of the molecule is Nc1cc(N)nc(SCc2ccc(C(=O)O)cn2)n1. The third-order valence-corrected chi connectivity index (χ3v) is 3.05. The fraction of sp³-hybridized carbons (Fsp3) is 0.0909. The molecule has 19 heavy (non-hydrogen) atoms. The van der Waals surface area contributed by atoms with Crippen LogP contribution in [-0.4, -0.2) is 26.0 Å². The summed E-state index contributed by atoms with van der Waals surface area (Å²) in [7, 11) is 0. The summed E-state index contributed by atoms with van der Waals surface area (Å²) in [5.41, 5.74) is 12.0. The molecular weight excluding hydrogens is 266 g/mol. The van der Waals surface area contributed by atoms with Gasteiger partial charge in [0.15, 0.2) is 5.16 Å². The van der Waals surface area contributed by atoms with Crippen LogP contribution in [0.3, 0.4) is 0 Å². The Labute approximate surface area is 113 Å². The zero-order chi connectivity index (χ0) is 13.8. The van der Waals surface area contributed by atoms with E-state index in [1.807, 2.05) is 0 Å². The molecule has 2 rings (SSSR count). The number of carboxylic acid groups (broad SMARTS) is 1. The molecule has 2 aromatic rings. The molecule has 0 atom stereocenters. The standard InChI is InChI=1S/C11H11N5O2S/c12-8-3-9(13)16-11(15-8)19-5-7-2-1-6(4-14-7)10(17)18/h1-4H,5H2,(H,17,18)(H4,12,13,15,16). The topological polar surface area (TPSA) is 128 Å². The van der Waals surface area contributed by atoms with Crippen molar-refractivity contribution >= 4 is 29.4 Å². The van der Waals surface area contributed by atoms with Crippen molar-refractivity contribution < 1.29 is 9.90 Å². The van der Waals surface area contributed by atoms with E-state index in [4.69, 9.17) is 16.6 Å². The zero-order valence-corrected chi connectivity index (χ0v) is 10.6. The number of hydrogen-bond donors (Lipinski definition) is 3. The number of aromatic nitrogens is 3. The molecule has 0 aromatic carbocycles. The first-order chi connectivity index (χ1) is 9.04. The number of carbonyl (C=O) groups is 1. The molecule has 0 aliphatic carbocycles. The van der Waals surface area contributed by atoms with E-state index in [0.717, 1.165) is 5.69 Å². The summed E-state index contributed by atoms with van der Waals surface area (Å²) >= 11 is 1.32. The summed E-state index contributed by atoms with van der Waals surface area (Å²) in [6.07, 6.45) is 1.31. The number of pyridine rings is 1. The fourth-order valence-corrected chi connectivity index (χ4v) is 2.09. The lowest BCUT2D eigenvalue weighted by Crippen LogP contribution is -2.00. The molecule has 0 unspecified atom stereocenters. The maximum absolute atomic E-state index is 10.7. The minimum absolute atomic E-state index is 0.151. The second kappa shape index (κ2) is 5.53. The van der Waals surface area contributed by atoms with Crippen LogP contribution in [0.1, 0.15) is 16.1 Å². The molecule has 5 N–H and O–H groups in total. The lowest BCUT2D eigenvalue weighted by Gasteiger charge is -2.02. The van der Waals surface area contributed by atoms with Crippen LogP contribution >= 0.6 is 11.8 Å².